The van der Waals surface area contributed by atoms with Crippen molar-refractivity contribution in [1.82, 2.24) is 24.7 Å². The fourth-order valence-corrected chi connectivity index (χ4v) is 5.95. The van der Waals surface area contributed by atoms with Gasteiger partial charge in [0.2, 0.25) is 0 Å². The number of pyridine rings is 1. The number of nitrogens with zero attached hydrogens (tertiary/aromatic N) is 5. The first-order valence-electron chi connectivity index (χ1n) is 14.9. The first-order chi connectivity index (χ1) is 20.0. The fourth-order valence-electron chi connectivity index (χ4n) is 5.95. The van der Waals surface area contributed by atoms with Crippen molar-refractivity contribution < 1.29 is 9.59 Å². The van der Waals surface area contributed by atoms with Crippen LogP contribution in [0.3, 0.4) is 0 Å². The zero-order chi connectivity index (χ0) is 30.1. The van der Waals surface area contributed by atoms with Gasteiger partial charge in [0.15, 0.2) is 5.78 Å². The number of carbonyl (C=O) groups excluding carboxylic acids is 2. The van der Waals surface area contributed by atoms with E-state index in [1.54, 1.807) is 0 Å². The number of aromatic nitrogens is 2. The molecular formula is C34H44N6O2. The van der Waals surface area contributed by atoms with Crippen molar-refractivity contribution in [3.63, 3.8) is 0 Å². The molecule has 1 unspecified atom stereocenters. The Hall–Kier alpha value is -3.75. The number of likely N-dealkylation sites (N-methyl/N-ethyl adjacent to an activating group) is 2. The van der Waals surface area contributed by atoms with E-state index in [1.165, 1.54) is 0 Å². The molecule has 0 radical (unpaired) electrons. The summed E-state index contributed by atoms with van der Waals surface area (Å²) in [5.41, 5.74) is 7.27. The van der Waals surface area contributed by atoms with Gasteiger partial charge in [-0.2, -0.15) is 0 Å². The third-order valence-electron chi connectivity index (χ3n) is 8.81. The lowest BCUT2D eigenvalue weighted by molar-refractivity contribution is -0.115. The lowest BCUT2D eigenvalue weighted by Gasteiger charge is -2.33. The molecule has 42 heavy (non-hydrogen) atoms. The predicted molar refractivity (Wildman–Crippen MR) is 171 cm³/mol. The number of piperazine rings is 1. The minimum absolute atomic E-state index is 0.0817. The second kappa shape index (κ2) is 12.2. The first-order valence-corrected chi connectivity index (χ1v) is 14.9. The molecule has 2 aromatic heterocycles. The largest absolute Gasteiger partial charge is 0.354 e. The van der Waals surface area contributed by atoms with Gasteiger partial charge in [0, 0.05) is 91.7 Å². The summed E-state index contributed by atoms with van der Waals surface area (Å²) < 4.78 is 2.26. The number of Topliss-reactive ketones (excluding diaryl/α,β-unsaturated/α-hetero) is 1. The minimum Gasteiger partial charge on any atom is -0.354 e. The highest BCUT2D eigenvalue weighted by molar-refractivity contribution is 6.10. The molecule has 0 bridgehead atoms. The second-order valence-corrected chi connectivity index (χ2v) is 12.3. The quantitative estimate of drug-likeness (QED) is 0.426. The summed E-state index contributed by atoms with van der Waals surface area (Å²) >= 11 is 0. The standard InChI is InChI=1S/C34H44N6O2/c1-22-14-23(2)29(31(41)15-22)19-36-34(42)28-16-27(17-30-33(28)24(3)20-40(30)21-25(4)37(5)6)26-8-9-32(35-18-26)39-12-10-38(7)11-13-39/h8-9,14,16-18,20,25H,10-13,15,19,21H2,1-7H3,(H,36,42). The van der Waals surface area contributed by atoms with E-state index in [9.17, 15) is 9.59 Å². The van der Waals surface area contributed by atoms with E-state index in [2.05, 4.69) is 84.0 Å². The molecule has 3 aromatic rings. The summed E-state index contributed by atoms with van der Waals surface area (Å²) in [6, 6.07) is 8.66. The molecule has 1 saturated heterocycles. The van der Waals surface area contributed by atoms with Crippen molar-refractivity contribution in [2.45, 2.75) is 46.7 Å². The number of fused-ring (bicyclic) bond motifs is 1. The number of carbonyl (C=O) groups is 2. The SMILES string of the molecule is CC1=CC(C)=C(CNC(=O)c2cc(-c3ccc(N4CCN(C)CC4)nc3)cc3c2c(C)cn3CC(C)N(C)C)C(=O)C1. The molecular weight excluding hydrogens is 524 g/mol. The number of benzene rings is 1. The molecule has 5 rings (SSSR count). The maximum Gasteiger partial charge on any atom is 0.252 e. The molecule has 1 aliphatic heterocycles. The van der Waals surface area contributed by atoms with Gasteiger partial charge < -0.3 is 24.6 Å². The van der Waals surface area contributed by atoms with E-state index in [1.807, 2.05) is 32.2 Å². The van der Waals surface area contributed by atoms with Crippen LogP contribution in [0.1, 0.15) is 43.1 Å². The molecule has 1 aromatic carbocycles. The summed E-state index contributed by atoms with van der Waals surface area (Å²) in [5, 5.41) is 4.02. The topological polar surface area (TPSA) is 73.7 Å². The maximum absolute atomic E-state index is 13.8. The number of anilines is 1. The van der Waals surface area contributed by atoms with Crippen LogP contribution in [0.15, 0.2) is 59.5 Å². The molecule has 222 valence electrons. The van der Waals surface area contributed by atoms with E-state index in [0.29, 0.717) is 23.6 Å². The van der Waals surface area contributed by atoms with Gasteiger partial charge in [-0.15, -0.1) is 0 Å². The number of hydrogen-bond donors (Lipinski definition) is 1. The molecule has 1 atom stereocenters. The average molecular weight is 569 g/mol. The summed E-state index contributed by atoms with van der Waals surface area (Å²) in [5.74, 6) is 0.887. The van der Waals surface area contributed by atoms with E-state index < -0.39 is 0 Å². The second-order valence-electron chi connectivity index (χ2n) is 12.3. The van der Waals surface area contributed by atoms with Crippen LogP contribution in [0.25, 0.3) is 22.0 Å². The lowest BCUT2D eigenvalue weighted by Crippen LogP contribution is -2.44. The van der Waals surface area contributed by atoms with Crippen molar-refractivity contribution in [1.29, 1.82) is 0 Å². The van der Waals surface area contributed by atoms with Gasteiger partial charge in [0.05, 0.1) is 0 Å². The Morgan fingerprint density at radius 3 is 2.45 bits per heavy atom. The molecule has 1 aliphatic carbocycles. The first kappa shape index (κ1) is 29.7. The third-order valence-corrected chi connectivity index (χ3v) is 8.81. The van der Waals surface area contributed by atoms with Crippen LogP contribution in [-0.4, -0.2) is 90.9 Å². The van der Waals surface area contributed by atoms with Crippen molar-refractivity contribution in [2.24, 2.45) is 0 Å². The summed E-state index contributed by atoms with van der Waals surface area (Å²) in [7, 11) is 6.32. The van der Waals surface area contributed by atoms with Gasteiger partial charge in [-0.05, 0) is 89.8 Å². The Morgan fingerprint density at radius 1 is 1.07 bits per heavy atom. The summed E-state index contributed by atoms with van der Waals surface area (Å²) in [6.45, 7) is 13.2. The third kappa shape index (κ3) is 6.20. The van der Waals surface area contributed by atoms with Gasteiger partial charge in [-0.25, -0.2) is 4.98 Å². The number of aryl methyl sites for hydroxylation is 1. The van der Waals surface area contributed by atoms with Gasteiger partial charge >= 0.3 is 0 Å². The molecule has 8 nitrogen and oxygen atoms in total. The van der Waals surface area contributed by atoms with Crippen LogP contribution in [0, 0.1) is 6.92 Å². The highest BCUT2D eigenvalue weighted by Crippen LogP contribution is 2.32. The molecule has 0 saturated carbocycles. The van der Waals surface area contributed by atoms with Crippen LogP contribution in [0.4, 0.5) is 5.82 Å². The molecule has 1 N–H and O–H groups in total. The number of hydrogen-bond acceptors (Lipinski definition) is 6. The minimum atomic E-state index is -0.176. The Bertz CT molecular complexity index is 1550. The van der Waals surface area contributed by atoms with E-state index in [4.69, 9.17) is 4.98 Å². The number of allylic oxidation sites excluding steroid dienone is 3. The van der Waals surface area contributed by atoms with Crippen molar-refractivity contribution >= 4 is 28.4 Å². The van der Waals surface area contributed by atoms with E-state index >= 15 is 0 Å². The summed E-state index contributed by atoms with van der Waals surface area (Å²) in [4.78, 5) is 38.2. The fraction of sp³-hybridized carbons (Fsp3) is 0.441. The van der Waals surface area contributed by atoms with Crippen molar-refractivity contribution in [3.8, 4) is 11.1 Å². The Kier molecular flexibility index (Phi) is 8.66. The molecule has 1 amide bonds. The zero-order valence-corrected chi connectivity index (χ0v) is 26.1. The van der Waals surface area contributed by atoms with E-state index in [-0.39, 0.29) is 18.2 Å². The van der Waals surface area contributed by atoms with Crippen molar-refractivity contribution in [3.05, 3.63) is 70.6 Å². The normalized spacial score (nSPS) is 17.3. The molecule has 3 heterocycles. The Labute approximate surface area is 249 Å². The number of amides is 1. The van der Waals surface area contributed by atoms with Crippen LogP contribution in [-0.2, 0) is 11.3 Å². The monoisotopic (exact) mass is 568 g/mol. The van der Waals surface area contributed by atoms with Gasteiger partial charge in [0.1, 0.15) is 5.82 Å². The highest BCUT2D eigenvalue weighted by atomic mass is 16.2. The Balaban J connectivity index is 1.51. The molecule has 0 spiro atoms. The van der Waals surface area contributed by atoms with Crippen LogP contribution < -0.4 is 10.2 Å². The van der Waals surface area contributed by atoms with Crippen LogP contribution in [0.2, 0.25) is 0 Å². The summed E-state index contributed by atoms with van der Waals surface area (Å²) in [6.07, 6.45) is 6.51. The smallest absolute Gasteiger partial charge is 0.252 e. The van der Waals surface area contributed by atoms with E-state index in [0.717, 1.165) is 77.3 Å². The predicted octanol–water partition coefficient (Wildman–Crippen LogP) is 4.68. The molecule has 8 heteroatoms. The molecule has 2 aliphatic rings. The van der Waals surface area contributed by atoms with Gasteiger partial charge in [-0.3, -0.25) is 9.59 Å². The highest BCUT2D eigenvalue weighted by Gasteiger charge is 2.22. The van der Waals surface area contributed by atoms with Gasteiger partial charge in [-0.1, -0.05) is 11.6 Å². The number of rotatable bonds is 8. The Morgan fingerprint density at radius 2 is 1.81 bits per heavy atom. The number of ketones is 1. The van der Waals surface area contributed by atoms with Crippen LogP contribution in [0.5, 0.6) is 0 Å². The maximum atomic E-state index is 13.8. The lowest BCUT2D eigenvalue weighted by atomic mass is 9.92. The zero-order valence-electron chi connectivity index (χ0n) is 26.1. The number of nitrogens with one attached hydrogen (secondary N) is 1. The molecule has 1 fully saturated rings. The average Bonchev–Trinajstić information content (AvgIpc) is 3.27. The van der Waals surface area contributed by atoms with Crippen molar-refractivity contribution in [2.75, 3.05) is 58.8 Å². The van der Waals surface area contributed by atoms with Crippen LogP contribution >= 0.6 is 0 Å². The van der Waals surface area contributed by atoms with Gasteiger partial charge in [0.25, 0.3) is 5.91 Å².